The van der Waals surface area contributed by atoms with Crippen LogP contribution in [0.4, 0.5) is 4.79 Å². The van der Waals surface area contributed by atoms with Crippen molar-refractivity contribution in [2.24, 2.45) is 0 Å². The number of hydrogen-bond acceptors (Lipinski definition) is 3. The summed E-state index contributed by atoms with van der Waals surface area (Å²) in [6.45, 7) is 9.31. The standard InChI is InChI=1S/C18H32N2O3/c1-5-9-14(20-17(22)23-18(2,3)4)11-8-12-15-10-6-7-13-16(21)19-15/h5,14-15H,1,6-13H2,2-4H3,(H,19,21)(H,20,22). The number of hydrogen-bond donors (Lipinski definition) is 2. The number of nitrogens with one attached hydrogen (secondary N) is 2. The molecule has 0 aromatic heterocycles. The van der Waals surface area contributed by atoms with Gasteiger partial charge in [-0.1, -0.05) is 12.5 Å². The van der Waals surface area contributed by atoms with Crippen LogP contribution in [0.2, 0.25) is 0 Å². The molecule has 132 valence electrons. The monoisotopic (exact) mass is 324 g/mol. The molecule has 2 amide bonds. The van der Waals surface area contributed by atoms with E-state index in [9.17, 15) is 9.59 Å². The van der Waals surface area contributed by atoms with E-state index in [2.05, 4.69) is 17.2 Å². The highest BCUT2D eigenvalue weighted by Crippen LogP contribution is 2.16. The lowest BCUT2D eigenvalue weighted by molar-refractivity contribution is -0.121. The van der Waals surface area contributed by atoms with E-state index < -0.39 is 5.60 Å². The van der Waals surface area contributed by atoms with Crippen LogP contribution in [0.15, 0.2) is 12.7 Å². The molecule has 0 saturated carbocycles. The molecule has 1 rings (SSSR count). The minimum Gasteiger partial charge on any atom is -0.444 e. The fourth-order valence-corrected chi connectivity index (χ4v) is 2.80. The van der Waals surface area contributed by atoms with Crippen LogP contribution in [0.5, 0.6) is 0 Å². The lowest BCUT2D eigenvalue weighted by Gasteiger charge is -2.23. The Bertz CT molecular complexity index is 402. The molecule has 5 heteroatoms. The van der Waals surface area contributed by atoms with E-state index in [-0.39, 0.29) is 24.1 Å². The number of ether oxygens (including phenoxy) is 1. The van der Waals surface area contributed by atoms with Crippen molar-refractivity contribution < 1.29 is 14.3 Å². The Morgan fingerprint density at radius 1 is 1.48 bits per heavy atom. The van der Waals surface area contributed by atoms with Crippen molar-refractivity contribution in [3.63, 3.8) is 0 Å². The molecule has 23 heavy (non-hydrogen) atoms. The number of rotatable bonds is 7. The van der Waals surface area contributed by atoms with Gasteiger partial charge >= 0.3 is 6.09 Å². The molecular weight excluding hydrogens is 292 g/mol. The van der Waals surface area contributed by atoms with Gasteiger partial charge in [0.05, 0.1) is 0 Å². The van der Waals surface area contributed by atoms with Gasteiger partial charge in [-0.05, 0) is 59.3 Å². The second-order valence-corrected chi connectivity index (χ2v) is 7.31. The second-order valence-electron chi connectivity index (χ2n) is 7.31. The maximum atomic E-state index is 11.9. The summed E-state index contributed by atoms with van der Waals surface area (Å²) in [6, 6.07) is 0.305. The Balaban J connectivity index is 2.36. The Labute approximate surface area is 140 Å². The quantitative estimate of drug-likeness (QED) is 0.702. The minimum atomic E-state index is -0.493. The van der Waals surface area contributed by atoms with Crippen molar-refractivity contribution in [3.8, 4) is 0 Å². The summed E-state index contributed by atoms with van der Waals surface area (Å²) in [6.07, 6.45) is 8.72. The Morgan fingerprint density at radius 3 is 2.87 bits per heavy atom. The molecule has 0 aromatic rings. The predicted octanol–water partition coefficient (Wildman–Crippen LogP) is 3.68. The first kappa shape index (κ1) is 19.5. The SMILES string of the molecule is C=CCC(CCCC1CCCCC(=O)N1)NC(=O)OC(C)(C)C. The maximum Gasteiger partial charge on any atom is 0.407 e. The van der Waals surface area contributed by atoms with Gasteiger partial charge in [0.1, 0.15) is 5.60 Å². The van der Waals surface area contributed by atoms with Crippen LogP contribution in [0, 0.1) is 0 Å². The molecule has 1 aliphatic rings. The third kappa shape index (κ3) is 9.26. The zero-order valence-corrected chi connectivity index (χ0v) is 14.8. The molecule has 1 saturated heterocycles. The van der Waals surface area contributed by atoms with Gasteiger partial charge in [0.2, 0.25) is 5.91 Å². The Morgan fingerprint density at radius 2 is 2.22 bits per heavy atom. The summed E-state index contributed by atoms with van der Waals surface area (Å²) >= 11 is 0. The zero-order valence-electron chi connectivity index (χ0n) is 14.8. The van der Waals surface area contributed by atoms with Crippen LogP contribution in [0.25, 0.3) is 0 Å². The van der Waals surface area contributed by atoms with Crippen LogP contribution >= 0.6 is 0 Å². The molecule has 0 bridgehead atoms. The highest BCUT2D eigenvalue weighted by molar-refractivity contribution is 5.76. The van der Waals surface area contributed by atoms with Gasteiger partial charge in [-0.2, -0.15) is 0 Å². The van der Waals surface area contributed by atoms with E-state index in [1.165, 1.54) is 0 Å². The molecule has 0 aromatic carbocycles. The third-order valence-corrected chi connectivity index (χ3v) is 3.85. The summed E-state index contributed by atoms with van der Waals surface area (Å²) in [5, 5.41) is 6.00. The first-order valence-corrected chi connectivity index (χ1v) is 8.70. The summed E-state index contributed by atoms with van der Waals surface area (Å²) < 4.78 is 5.30. The van der Waals surface area contributed by atoms with E-state index in [1.807, 2.05) is 26.8 Å². The fourth-order valence-electron chi connectivity index (χ4n) is 2.80. The average molecular weight is 324 g/mol. The van der Waals surface area contributed by atoms with E-state index in [0.717, 1.165) is 44.9 Å². The molecule has 1 heterocycles. The highest BCUT2D eigenvalue weighted by atomic mass is 16.6. The first-order valence-electron chi connectivity index (χ1n) is 8.70. The zero-order chi connectivity index (χ0) is 17.3. The predicted molar refractivity (Wildman–Crippen MR) is 92.2 cm³/mol. The van der Waals surface area contributed by atoms with Crippen LogP contribution < -0.4 is 10.6 Å². The van der Waals surface area contributed by atoms with Gasteiger partial charge in [0.25, 0.3) is 0 Å². The van der Waals surface area contributed by atoms with Crippen molar-refractivity contribution in [1.29, 1.82) is 0 Å². The highest BCUT2D eigenvalue weighted by Gasteiger charge is 2.20. The first-order chi connectivity index (χ1) is 10.8. The number of alkyl carbamates (subject to hydrolysis) is 1. The van der Waals surface area contributed by atoms with Gasteiger partial charge < -0.3 is 15.4 Å². The van der Waals surface area contributed by atoms with Crippen molar-refractivity contribution in [3.05, 3.63) is 12.7 Å². The maximum absolute atomic E-state index is 11.9. The molecular formula is C18H32N2O3. The summed E-state index contributed by atoms with van der Waals surface area (Å²) in [5.41, 5.74) is -0.493. The lowest BCUT2D eigenvalue weighted by atomic mass is 10.0. The average Bonchev–Trinajstić information content (AvgIpc) is 2.61. The second kappa shape index (κ2) is 9.58. The van der Waals surface area contributed by atoms with E-state index in [4.69, 9.17) is 4.74 Å². The molecule has 2 N–H and O–H groups in total. The normalized spacial score (nSPS) is 20.1. The summed E-state index contributed by atoms with van der Waals surface area (Å²) in [4.78, 5) is 23.4. The smallest absolute Gasteiger partial charge is 0.407 e. The molecule has 0 radical (unpaired) electrons. The lowest BCUT2D eigenvalue weighted by Crippen LogP contribution is -2.39. The number of carbonyl (C=O) groups is 2. The van der Waals surface area contributed by atoms with Gasteiger partial charge in [-0.25, -0.2) is 4.79 Å². The van der Waals surface area contributed by atoms with Gasteiger partial charge in [-0.15, -0.1) is 6.58 Å². The van der Waals surface area contributed by atoms with Crippen molar-refractivity contribution >= 4 is 12.0 Å². The Hall–Kier alpha value is -1.52. The van der Waals surface area contributed by atoms with Gasteiger partial charge in [0.15, 0.2) is 0 Å². The topological polar surface area (TPSA) is 67.4 Å². The molecule has 5 nitrogen and oxygen atoms in total. The molecule has 2 atom stereocenters. The molecule has 1 fully saturated rings. The minimum absolute atomic E-state index is 0.0313. The molecule has 0 aliphatic carbocycles. The largest absolute Gasteiger partial charge is 0.444 e. The fraction of sp³-hybridized carbons (Fsp3) is 0.778. The van der Waals surface area contributed by atoms with Crippen LogP contribution in [0.3, 0.4) is 0 Å². The van der Waals surface area contributed by atoms with E-state index >= 15 is 0 Å². The summed E-state index contributed by atoms with van der Waals surface area (Å²) in [7, 11) is 0. The number of carbonyl (C=O) groups excluding carboxylic acids is 2. The molecule has 1 aliphatic heterocycles. The van der Waals surface area contributed by atoms with Crippen LogP contribution in [-0.4, -0.2) is 29.7 Å². The van der Waals surface area contributed by atoms with Crippen LogP contribution in [0.1, 0.15) is 72.1 Å². The molecule has 0 spiro atoms. The van der Waals surface area contributed by atoms with E-state index in [0.29, 0.717) is 6.42 Å². The van der Waals surface area contributed by atoms with Crippen molar-refractivity contribution in [1.82, 2.24) is 10.6 Å². The third-order valence-electron chi connectivity index (χ3n) is 3.85. The van der Waals surface area contributed by atoms with Crippen molar-refractivity contribution in [2.75, 3.05) is 0 Å². The Kier molecular flexibility index (Phi) is 8.13. The van der Waals surface area contributed by atoms with E-state index in [1.54, 1.807) is 0 Å². The van der Waals surface area contributed by atoms with Gasteiger partial charge in [0, 0.05) is 18.5 Å². The van der Waals surface area contributed by atoms with Crippen molar-refractivity contribution in [2.45, 2.75) is 89.8 Å². The summed E-state index contributed by atoms with van der Waals surface area (Å²) in [5.74, 6) is 0.169. The number of amides is 2. The van der Waals surface area contributed by atoms with Crippen LogP contribution in [-0.2, 0) is 9.53 Å². The van der Waals surface area contributed by atoms with Gasteiger partial charge in [-0.3, -0.25) is 4.79 Å². The molecule has 2 unspecified atom stereocenters.